The van der Waals surface area contributed by atoms with E-state index >= 15 is 0 Å². The molecule has 3 rings (SSSR count). The van der Waals surface area contributed by atoms with E-state index in [0.717, 1.165) is 13.1 Å². The van der Waals surface area contributed by atoms with Crippen LogP contribution in [0.2, 0.25) is 0 Å². The van der Waals surface area contributed by atoms with Crippen LogP contribution in [0.1, 0.15) is 23.9 Å². The van der Waals surface area contributed by atoms with E-state index in [2.05, 4.69) is 45.8 Å². The average molecular weight is 373 g/mol. The van der Waals surface area contributed by atoms with Gasteiger partial charge in [-0.3, -0.25) is 4.90 Å². The molecule has 1 aromatic heterocycles. The number of hydrogen-bond acceptors (Lipinski definition) is 5. The van der Waals surface area contributed by atoms with Crippen LogP contribution in [0, 0.1) is 6.92 Å². The molecular weight excluding hydrogens is 352 g/mol. The number of nitrogens with zero attached hydrogens (tertiary/aromatic N) is 3. The summed E-state index contributed by atoms with van der Waals surface area (Å²) in [6.07, 6.45) is 0. The highest BCUT2D eigenvalue weighted by Crippen LogP contribution is 2.29. The number of aromatic nitrogens is 2. The maximum atomic E-state index is 12.6. The first-order chi connectivity index (χ1) is 13.1. The van der Waals surface area contributed by atoms with Crippen LogP contribution in [0.4, 0.5) is 8.78 Å². The van der Waals surface area contributed by atoms with Crippen molar-refractivity contribution in [3.63, 3.8) is 0 Å². The molecule has 0 unspecified atom stereocenters. The van der Waals surface area contributed by atoms with Crippen molar-refractivity contribution >= 4 is 0 Å². The third kappa shape index (κ3) is 4.89. The Morgan fingerprint density at radius 1 is 1.07 bits per heavy atom. The summed E-state index contributed by atoms with van der Waals surface area (Å²) in [5, 5.41) is 3.93. The first-order valence-electron chi connectivity index (χ1n) is 8.70. The number of hydrogen-bond donors (Lipinski definition) is 0. The molecule has 0 fully saturated rings. The number of alkyl halides is 2. The van der Waals surface area contributed by atoms with Gasteiger partial charge in [-0.15, -0.1) is 0 Å². The molecule has 0 aliphatic heterocycles. The second-order valence-corrected chi connectivity index (χ2v) is 6.12. The second-order valence-electron chi connectivity index (χ2n) is 6.12. The van der Waals surface area contributed by atoms with Crippen LogP contribution < -0.4 is 4.74 Å². The van der Waals surface area contributed by atoms with Crippen molar-refractivity contribution < 1.29 is 18.0 Å². The SMILES string of the molecule is CCN(Cc1nc(-c2ccccc2OC(F)F)no1)Cc1ccccc1C. The smallest absolute Gasteiger partial charge is 0.387 e. The number of benzene rings is 2. The van der Waals surface area contributed by atoms with Gasteiger partial charge >= 0.3 is 6.61 Å². The molecule has 7 heteroatoms. The molecule has 1 heterocycles. The lowest BCUT2D eigenvalue weighted by Crippen LogP contribution is -2.22. The van der Waals surface area contributed by atoms with Gasteiger partial charge in [-0.2, -0.15) is 13.8 Å². The van der Waals surface area contributed by atoms with Crippen molar-refractivity contribution in [3.05, 3.63) is 65.5 Å². The van der Waals surface area contributed by atoms with Crippen LogP contribution >= 0.6 is 0 Å². The lowest BCUT2D eigenvalue weighted by Gasteiger charge is -2.19. The maximum absolute atomic E-state index is 12.6. The Bertz CT molecular complexity index is 883. The zero-order chi connectivity index (χ0) is 19.2. The zero-order valence-corrected chi connectivity index (χ0v) is 15.2. The molecule has 142 valence electrons. The van der Waals surface area contributed by atoms with Crippen molar-refractivity contribution in [3.8, 4) is 17.1 Å². The number of ether oxygens (including phenoxy) is 1. The van der Waals surface area contributed by atoms with Crippen molar-refractivity contribution in [1.29, 1.82) is 0 Å². The molecule has 2 aromatic carbocycles. The van der Waals surface area contributed by atoms with Crippen LogP contribution in [0.3, 0.4) is 0 Å². The van der Waals surface area contributed by atoms with E-state index in [0.29, 0.717) is 18.0 Å². The summed E-state index contributed by atoms with van der Waals surface area (Å²) in [6.45, 7) is 3.25. The van der Waals surface area contributed by atoms with Crippen LogP contribution in [0.15, 0.2) is 53.1 Å². The summed E-state index contributed by atoms with van der Waals surface area (Å²) in [6, 6.07) is 14.6. The maximum Gasteiger partial charge on any atom is 0.387 e. The number of aryl methyl sites for hydroxylation is 1. The van der Waals surface area contributed by atoms with E-state index in [1.54, 1.807) is 18.2 Å². The van der Waals surface area contributed by atoms with E-state index in [-0.39, 0.29) is 11.6 Å². The lowest BCUT2D eigenvalue weighted by atomic mass is 10.1. The molecule has 0 saturated heterocycles. The van der Waals surface area contributed by atoms with Gasteiger partial charge in [-0.1, -0.05) is 48.5 Å². The Morgan fingerprint density at radius 3 is 2.56 bits per heavy atom. The molecule has 0 radical (unpaired) electrons. The summed E-state index contributed by atoms with van der Waals surface area (Å²) in [7, 11) is 0. The minimum atomic E-state index is -2.91. The van der Waals surface area contributed by atoms with Crippen molar-refractivity contribution in [2.75, 3.05) is 6.54 Å². The third-order valence-electron chi connectivity index (χ3n) is 4.27. The van der Waals surface area contributed by atoms with Crippen LogP contribution in [0.5, 0.6) is 5.75 Å². The highest BCUT2D eigenvalue weighted by Gasteiger charge is 2.17. The minimum Gasteiger partial charge on any atom is -0.434 e. The molecule has 0 amide bonds. The van der Waals surface area contributed by atoms with E-state index in [1.165, 1.54) is 17.2 Å². The van der Waals surface area contributed by atoms with Gasteiger partial charge in [-0.25, -0.2) is 0 Å². The van der Waals surface area contributed by atoms with Crippen molar-refractivity contribution in [2.45, 2.75) is 33.5 Å². The largest absolute Gasteiger partial charge is 0.434 e. The Kier molecular flexibility index (Phi) is 6.13. The van der Waals surface area contributed by atoms with Gasteiger partial charge in [0.05, 0.1) is 12.1 Å². The number of halogens is 2. The number of rotatable bonds is 8. The normalized spacial score (nSPS) is 11.3. The molecule has 27 heavy (non-hydrogen) atoms. The standard InChI is InChI=1S/C20H21F2N3O2/c1-3-25(12-15-9-5-4-8-14(15)2)13-18-23-19(24-27-18)16-10-6-7-11-17(16)26-20(21)22/h4-11,20H,3,12-13H2,1-2H3. The highest BCUT2D eigenvalue weighted by atomic mass is 19.3. The summed E-state index contributed by atoms with van der Waals surface area (Å²) < 4.78 is 35.0. The monoisotopic (exact) mass is 373 g/mol. The van der Waals surface area contributed by atoms with Gasteiger partial charge in [0, 0.05) is 6.54 Å². The molecule has 3 aromatic rings. The Hall–Kier alpha value is -2.80. The van der Waals surface area contributed by atoms with Crippen LogP contribution in [-0.4, -0.2) is 28.2 Å². The van der Waals surface area contributed by atoms with Gasteiger partial charge in [0.1, 0.15) is 5.75 Å². The van der Waals surface area contributed by atoms with E-state index in [9.17, 15) is 8.78 Å². The van der Waals surface area contributed by atoms with Gasteiger partial charge in [0.2, 0.25) is 11.7 Å². The Morgan fingerprint density at radius 2 is 1.81 bits per heavy atom. The predicted octanol–water partition coefficient (Wildman–Crippen LogP) is 4.67. The number of para-hydroxylation sites is 1. The first kappa shape index (κ1) is 19.0. The van der Waals surface area contributed by atoms with Gasteiger partial charge < -0.3 is 9.26 Å². The van der Waals surface area contributed by atoms with Gasteiger partial charge in [-0.05, 0) is 36.7 Å². The zero-order valence-electron chi connectivity index (χ0n) is 15.2. The fourth-order valence-corrected chi connectivity index (χ4v) is 2.78. The fourth-order valence-electron chi connectivity index (χ4n) is 2.78. The predicted molar refractivity (Wildman–Crippen MR) is 97.3 cm³/mol. The molecule has 0 bridgehead atoms. The Balaban J connectivity index is 1.75. The lowest BCUT2D eigenvalue weighted by molar-refractivity contribution is -0.0494. The highest BCUT2D eigenvalue weighted by molar-refractivity contribution is 5.63. The molecule has 0 spiro atoms. The minimum absolute atomic E-state index is 0.0205. The molecule has 0 saturated carbocycles. The van der Waals surface area contributed by atoms with E-state index < -0.39 is 6.61 Å². The summed E-state index contributed by atoms with van der Waals surface area (Å²) in [4.78, 5) is 6.52. The summed E-state index contributed by atoms with van der Waals surface area (Å²) >= 11 is 0. The summed E-state index contributed by atoms with van der Waals surface area (Å²) in [5.41, 5.74) is 2.82. The van der Waals surface area contributed by atoms with E-state index in [4.69, 9.17) is 4.52 Å². The van der Waals surface area contributed by atoms with Crippen molar-refractivity contribution in [1.82, 2.24) is 15.0 Å². The van der Waals surface area contributed by atoms with Crippen molar-refractivity contribution in [2.24, 2.45) is 0 Å². The second kappa shape index (κ2) is 8.73. The third-order valence-corrected chi connectivity index (χ3v) is 4.27. The van der Waals surface area contributed by atoms with Gasteiger partial charge in [0.15, 0.2) is 0 Å². The first-order valence-corrected chi connectivity index (χ1v) is 8.70. The van der Waals surface area contributed by atoms with Gasteiger partial charge in [0.25, 0.3) is 0 Å². The molecule has 5 nitrogen and oxygen atoms in total. The Labute approximate surface area is 156 Å². The summed E-state index contributed by atoms with van der Waals surface area (Å²) in [5.74, 6) is 0.674. The topological polar surface area (TPSA) is 51.4 Å². The molecule has 0 N–H and O–H groups in total. The fraction of sp³-hybridized carbons (Fsp3) is 0.300. The average Bonchev–Trinajstić information content (AvgIpc) is 3.11. The molecule has 0 aliphatic carbocycles. The molecular formula is C20H21F2N3O2. The van der Waals surface area contributed by atoms with E-state index in [1.807, 2.05) is 12.1 Å². The quantitative estimate of drug-likeness (QED) is 0.574. The van der Waals surface area contributed by atoms with Crippen LogP contribution in [0.25, 0.3) is 11.4 Å². The molecule has 0 aliphatic rings. The molecule has 0 atom stereocenters. The van der Waals surface area contributed by atoms with Crippen LogP contribution in [-0.2, 0) is 13.1 Å².